The van der Waals surface area contributed by atoms with Crippen molar-refractivity contribution in [3.8, 4) is 11.3 Å². The molecule has 4 aromatic rings. The third-order valence-corrected chi connectivity index (χ3v) is 7.49. The lowest BCUT2D eigenvalue weighted by Crippen LogP contribution is -2.39. The second-order valence-electron chi connectivity index (χ2n) is 8.47. The van der Waals surface area contributed by atoms with Crippen molar-refractivity contribution < 1.29 is 18.9 Å². The maximum Gasteiger partial charge on any atom is 0.338 e. The second-order valence-corrected chi connectivity index (χ2v) is 10.4. The van der Waals surface area contributed by atoms with Gasteiger partial charge in [-0.2, -0.15) is 0 Å². The lowest BCUT2D eigenvalue weighted by molar-refractivity contribution is -0.384. The zero-order chi connectivity index (χ0) is 27.8. The van der Waals surface area contributed by atoms with E-state index >= 15 is 0 Å². The molecule has 0 saturated heterocycles. The van der Waals surface area contributed by atoms with Crippen LogP contribution in [0.2, 0.25) is 10.0 Å². The highest BCUT2D eigenvalue weighted by Crippen LogP contribution is 2.34. The summed E-state index contributed by atoms with van der Waals surface area (Å²) in [6, 6.07) is 13.6. The molecule has 39 heavy (non-hydrogen) atoms. The molecule has 5 rings (SSSR count). The molecule has 1 aliphatic rings. The fourth-order valence-corrected chi connectivity index (χ4v) is 5.64. The van der Waals surface area contributed by atoms with Crippen molar-refractivity contribution in [2.24, 2.45) is 4.99 Å². The number of aromatic nitrogens is 1. The first kappa shape index (κ1) is 26.6. The van der Waals surface area contributed by atoms with Gasteiger partial charge in [0.2, 0.25) is 0 Å². The summed E-state index contributed by atoms with van der Waals surface area (Å²) in [6.45, 7) is 3.57. The predicted molar refractivity (Wildman–Crippen MR) is 148 cm³/mol. The molecule has 0 fully saturated rings. The van der Waals surface area contributed by atoms with Crippen molar-refractivity contribution in [1.29, 1.82) is 0 Å². The molecule has 12 heteroatoms. The van der Waals surface area contributed by atoms with Crippen molar-refractivity contribution in [2.75, 3.05) is 6.61 Å². The molecule has 9 nitrogen and oxygen atoms in total. The van der Waals surface area contributed by atoms with Crippen molar-refractivity contribution in [3.05, 3.63) is 117 Å². The Bertz CT molecular complexity index is 1840. The minimum Gasteiger partial charge on any atom is -0.463 e. The first-order valence-corrected chi connectivity index (χ1v) is 13.2. The van der Waals surface area contributed by atoms with Crippen LogP contribution in [0.4, 0.5) is 5.69 Å². The zero-order valence-corrected chi connectivity index (χ0v) is 22.8. The van der Waals surface area contributed by atoms with Crippen LogP contribution in [0.3, 0.4) is 0 Å². The van der Waals surface area contributed by atoms with Gasteiger partial charge in [0.15, 0.2) is 4.80 Å². The molecule has 3 heterocycles. The topological polar surface area (TPSA) is 117 Å². The summed E-state index contributed by atoms with van der Waals surface area (Å²) in [7, 11) is 0. The Morgan fingerprint density at radius 2 is 1.90 bits per heavy atom. The van der Waals surface area contributed by atoms with E-state index in [4.69, 9.17) is 32.4 Å². The number of ether oxygens (including phenoxy) is 1. The van der Waals surface area contributed by atoms with E-state index in [0.29, 0.717) is 31.4 Å². The van der Waals surface area contributed by atoms with Crippen LogP contribution in [0.15, 0.2) is 80.1 Å². The van der Waals surface area contributed by atoms with Crippen LogP contribution in [-0.2, 0) is 9.53 Å². The molecule has 0 unspecified atom stereocenters. The Labute approximate surface area is 235 Å². The number of thiazole rings is 1. The summed E-state index contributed by atoms with van der Waals surface area (Å²) >= 11 is 13.1. The average Bonchev–Trinajstić information content (AvgIpc) is 3.48. The summed E-state index contributed by atoms with van der Waals surface area (Å²) < 4.78 is 12.9. The van der Waals surface area contributed by atoms with Gasteiger partial charge in [-0.3, -0.25) is 19.5 Å². The minimum atomic E-state index is -0.774. The summed E-state index contributed by atoms with van der Waals surface area (Å²) in [4.78, 5) is 42.6. The quantitative estimate of drug-likeness (QED) is 0.173. The minimum absolute atomic E-state index is 0.167. The van der Waals surface area contributed by atoms with Crippen LogP contribution in [0.1, 0.15) is 31.2 Å². The number of nitrogens with zero attached hydrogens (tertiary/aromatic N) is 3. The highest BCUT2D eigenvalue weighted by atomic mass is 35.5. The molecule has 0 radical (unpaired) electrons. The molecule has 198 valence electrons. The van der Waals surface area contributed by atoms with E-state index in [0.717, 1.165) is 11.3 Å². The van der Waals surface area contributed by atoms with Gasteiger partial charge in [0, 0.05) is 22.2 Å². The number of furan rings is 1. The number of hydrogen-bond donors (Lipinski definition) is 0. The second kappa shape index (κ2) is 10.6. The number of nitro groups is 1. The summed E-state index contributed by atoms with van der Waals surface area (Å²) in [5.74, 6) is -0.00558. The van der Waals surface area contributed by atoms with E-state index in [1.54, 1.807) is 50.2 Å². The third kappa shape index (κ3) is 5.06. The van der Waals surface area contributed by atoms with E-state index < -0.39 is 16.9 Å². The van der Waals surface area contributed by atoms with Gasteiger partial charge in [0.25, 0.3) is 11.2 Å². The number of fused-ring (bicyclic) bond motifs is 1. The standard InChI is InChI=1S/C27H19Cl2N3O6S/c1-3-37-26(34)23-14(2)30-27-31(24(23)15-4-6-16(28)7-5-15)25(33)22(39-27)13-18-9-11-21(38-18)19-10-8-17(29)12-20(19)32(35)36/h4-13,24H,3H2,1-2H3/t24-/m0/s1. The molecule has 2 aromatic carbocycles. The van der Waals surface area contributed by atoms with Crippen LogP contribution >= 0.6 is 34.5 Å². The molecule has 0 N–H and O–H groups in total. The monoisotopic (exact) mass is 583 g/mol. The van der Waals surface area contributed by atoms with Gasteiger partial charge in [0.05, 0.1) is 38.9 Å². The van der Waals surface area contributed by atoms with E-state index in [1.807, 2.05) is 0 Å². The number of carbonyl (C=O) groups is 1. The maximum atomic E-state index is 13.7. The van der Waals surface area contributed by atoms with Crippen LogP contribution in [0.5, 0.6) is 0 Å². The molecule has 1 atom stereocenters. The van der Waals surface area contributed by atoms with E-state index in [9.17, 15) is 19.7 Å². The fraction of sp³-hybridized carbons (Fsp3) is 0.148. The molecule has 1 aliphatic heterocycles. The largest absolute Gasteiger partial charge is 0.463 e. The van der Waals surface area contributed by atoms with Crippen molar-refractivity contribution in [3.63, 3.8) is 0 Å². The summed E-state index contributed by atoms with van der Waals surface area (Å²) in [5.41, 5.74) is 1.03. The number of nitro benzene ring substituents is 1. The van der Waals surface area contributed by atoms with E-state index in [-0.39, 0.29) is 39.8 Å². The molecule has 0 aliphatic carbocycles. The number of carbonyl (C=O) groups excluding carboxylic acids is 1. The molecule has 0 saturated carbocycles. The molecule has 0 amide bonds. The molecule has 0 spiro atoms. The molecule has 0 bridgehead atoms. The number of esters is 1. The van der Waals surface area contributed by atoms with Crippen molar-refractivity contribution in [2.45, 2.75) is 19.9 Å². The number of halogens is 2. The Morgan fingerprint density at radius 3 is 2.59 bits per heavy atom. The number of allylic oxidation sites excluding steroid dienone is 1. The van der Waals surface area contributed by atoms with Gasteiger partial charge in [-0.1, -0.05) is 46.7 Å². The SMILES string of the molecule is CCOC(=O)C1=C(C)N=c2sc(=Cc3ccc(-c4ccc(Cl)cc4[N+](=O)[O-])o3)c(=O)n2[C@H]1c1ccc(Cl)cc1. The van der Waals surface area contributed by atoms with Crippen LogP contribution < -0.4 is 14.9 Å². The zero-order valence-electron chi connectivity index (χ0n) is 20.5. The predicted octanol–water partition coefficient (Wildman–Crippen LogP) is 5.27. The fourth-order valence-electron chi connectivity index (χ4n) is 4.32. The number of benzene rings is 2. The summed E-state index contributed by atoms with van der Waals surface area (Å²) in [6.07, 6.45) is 1.54. The van der Waals surface area contributed by atoms with Crippen LogP contribution in [0.25, 0.3) is 17.4 Å². The normalized spacial score (nSPS) is 15.2. The van der Waals surface area contributed by atoms with Gasteiger partial charge < -0.3 is 9.15 Å². The number of rotatable bonds is 6. The van der Waals surface area contributed by atoms with Crippen molar-refractivity contribution >= 4 is 52.3 Å². The molecular weight excluding hydrogens is 565 g/mol. The molecular formula is C27H19Cl2N3O6S. The summed E-state index contributed by atoms with van der Waals surface area (Å²) in [5, 5.41) is 12.3. The van der Waals surface area contributed by atoms with Crippen LogP contribution in [-0.4, -0.2) is 22.1 Å². The Kier molecular flexibility index (Phi) is 7.26. The molecule has 2 aromatic heterocycles. The Morgan fingerprint density at radius 1 is 1.18 bits per heavy atom. The Hall–Kier alpha value is -3.99. The van der Waals surface area contributed by atoms with E-state index in [2.05, 4.69) is 4.99 Å². The Balaban J connectivity index is 1.63. The van der Waals surface area contributed by atoms with Gasteiger partial charge in [-0.15, -0.1) is 0 Å². The van der Waals surface area contributed by atoms with Crippen molar-refractivity contribution in [1.82, 2.24) is 4.57 Å². The van der Waals surface area contributed by atoms with Gasteiger partial charge in [-0.25, -0.2) is 9.79 Å². The van der Waals surface area contributed by atoms with E-state index in [1.165, 1.54) is 28.8 Å². The third-order valence-electron chi connectivity index (χ3n) is 6.02. The van der Waals surface area contributed by atoms with Gasteiger partial charge in [0.1, 0.15) is 11.5 Å². The number of hydrogen-bond acceptors (Lipinski definition) is 8. The average molecular weight is 584 g/mol. The highest BCUT2D eigenvalue weighted by Gasteiger charge is 2.33. The maximum absolute atomic E-state index is 13.7. The first-order valence-electron chi connectivity index (χ1n) is 11.7. The van der Waals surface area contributed by atoms with Crippen LogP contribution in [0, 0.1) is 10.1 Å². The van der Waals surface area contributed by atoms with Gasteiger partial charge >= 0.3 is 5.97 Å². The lowest BCUT2D eigenvalue weighted by Gasteiger charge is -2.24. The van der Waals surface area contributed by atoms with Gasteiger partial charge in [-0.05, 0) is 55.8 Å². The lowest BCUT2D eigenvalue weighted by atomic mass is 9.96. The smallest absolute Gasteiger partial charge is 0.338 e. The highest BCUT2D eigenvalue weighted by molar-refractivity contribution is 7.07. The first-order chi connectivity index (χ1) is 18.7.